The van der Waals surface area contributed by atoms with E-state index in [1.807, 2.05) is 48.3 Å². The van der Waals surface area contributed by atoms with Crippen molar-refractivity contribution in [2.24, 2.45) is 7.05 Å². The number of morpholine rings is 1. The summed E-state index contributed by atoms with van der Waals surface area (Å²) in [4.78, 5) is 20.4. The van der Waals surface area contributed by atoms with Gasteiger partial charge < -0.3 is 14.6 Å². The number of nitrogens with zero attached hydrogens (tertiary/aromatic N) is 3. The SMILES string of the molecule is Cc1cc(NC(=O)c2cn(C)c3ccccc23)cnc1C1CCC(N2CCOCC2)CC1. The minimum atomic E-state index is -0.0956. The molecule has 3 heterocycles. The molecule has 0 spiro atoms. The number of amides is 1. The van der Waals surface area contributed by atoms with Crippen LogP contribution in [-0.4, -0.2) is 52.7 Å². The number of ether oxygens (including phenoxy) is 1. The molecule has 1 saturated carbocycles. The lowest BCUT2D eigenvalue weighted by atomic mass is 9.82. The van der Waals surface area contributed by atoms with Gasteiger partial charge in [0.15, 0.2) is 0 Å². The zero-order chi connectivity index (χ0) is 22.1. The van der Waals surface area contributed by atoms with E-state index in [2.05, 4.69) is 23.2 Å². The molecule has 1 aromatic carbocycles. The Morgan fingerprint density at radius 1 is 1.12 bits per heavy atom. The molecule has 1 amide bonds. The van der Waals surface area contributed by atoms with Crippen molar-refractivity contribution in [2.75, 3.05) is 31.6 Å². The van der Waals surface area contributed by atoms with Gasteiger partial charge in [0.2, 0.25) is 0 Å². The van der Waals surface area contributed by atoms with Crippen LogP contribution >= 0.6 is 0 Å². The van der Waals surface area contributed by atoms with Gasteiger partial charge in [0, 0.05) is 54.9 Å². The summed E-state index contributed by atoms with van der Waals surface area (Å²) < 4.78 is 7.49. The van der Waals surface area contributed by atoms with E-state index in [1.165, 1.54) is 31.4 Å². The number of carbonyl (C=O) groups is 1. The number of rotatable bonds is 4. The minimum Gasteiger partial charge on any atom is -0.379 e. The third kappa shape index (κ3) is 4.17. The first-order valence-electron chi connectivity index (χ1n) is 11.7. The number of carbonyl (C=O) groups excluding carboxylic acids is 1. The van der Waals surface area contributed by atoms with Crippen LogP contribution < -0.4 is 5.32 Å². The number of para-hydroxylation sites is 1. The molecule has 1 N–H and O–H groups in total. The van der Waals surface area contributed by atoms with Crippen molar-refractivity contribution in [2.45, 2.75) is 44.6 Å². The molecular weight excluding hydrogens is 400 g/mol. The van der Waals surface area contributed by atoms with Gasteiger partial charge in [-0.3, -0.25) is 14.7 Å². The molecule has 0 radical (unpaired) electrons. The van der Waals surface area contributed by atoms with Crippen LogP contribution in [0.3, 0.4) is 0 Å². The van der Waals surface area contributed by atoms with Gasteiger partial charge in [-0.2, -0.15) is 0 Å². The zero-order valence-corrected chi connectivity index (χ0v) is 19.0. The van der Waals surface area contributed by atoms with Crippen molar-refractivity contribution in [3.8, 4) is 0 Å². The van der Waals surface area contributed by atoms with Gasteiger partial charge in [-0.15, -0.1) is 0 Å². The fraction of sp³-hybridized carbons (Fsp3) is 0.462. The van der Waals surface area contributed by atoms with Gasteiger partial charge in [-0.05, 0) is 50.3 Å². The molecule has 3 aromatic rings. The summed E-state index contributed by atoms with van der Waals surface area (Å²) in [6, 6.07) is 10.7. The fourth-order valence-electron chi connectivity index (χ4n) is 5.46. The van der Waals surface area contributed by atoms with Gasteiger partial charge in [0.25, 0.3) is 5.91 Å². The summed E-state index contributed by atoms with van der Waals surface area (Å²) in [5.41, 5.74) is 4.84. The Kier molecular flexibility index (Phi) is 5.98. The monoisotopic (exact) mass is 432 g/mol. The maximum absolute atomic E-state index is 13.0. The molecule has 0 atom stereocenters. The molecule has 168 valence electrons. The first-order chi connectivity index (χ1) is 15.6. The second-order valence-corrected chi connectivity index (χ2v) is 9.20. The van der Waals surface area contributed by atoms with E-state index in [1.54, 1.807) is 0 Å². The number of nitrogens with one attached hydrogen (secondary N) is 1. The van der Waals surface area contributed by atoms with E-state index in [9.17, 15) is 4.79 Å². The summed E-state index contributed by atoms with van der Waals surface area (Å²) in [6.07, 6.45) is 8.52. The quantitative estimate of drug-likeness (QED) is 0.660. The van der Waals surface area contributed by atoms with Crippen LogP contribution in [0.25, 0.3) is 10.9 Å². The van der Waals surface area contributed by atoms with Crippen LogP contribution in [0.5, 0.6) is 0 Å². The molecule has 1 aliphatic carbocycles. The van der Waals surface area contributed by atoms with Crippen molar-refractivity contribution < 1.29 is 9.53 Å². The van der Waals surface area contributed by atoms with E-state index in [0.717, 1.165) is 48.5 Å². The van der Waals surface area contributed by atoms with Gasteiger partial charge in [0.1, 0.15) is 0 Å². The van der Waals surface area contributed by atoms with E-state index in [4.69, 9.17) is 9.72 Å². The van der Waals surface area contributed by atoms with Crippen molar-refractivity contribution in [3.63, 3.8) is 0 Å². The first-order valence-corrected chi connectivity index (χ1v) is 11.7. The van der Waals surface area contributed by atoms with Crippen LogP contribution in [-0.2, 0) is 11.8 Å². The predicted octanol–water partition coefficient (Wildman–Crippen LogP) is 4.49. The highest BCUT2D eigenvalue weighted by Crippen LogP contribution is 2.36. The topological polar surface area (TPSA) is 59.4 Å². The largest absolute Gasteiger partial charge is 0.379 e. The number of hydrogen-bond donors (Lipinski definition) is 1. The summed E-state index contributed by atoms with van der Waals surface area (Å²) in [6.45, 7) is 5.98. The number of pyridine rings is 1. The summed E-state index contributed by atoms with van der Waals surface area (Å²) in [5.74, 6) is 0.414. The third-order valence-corrected chi connectivity index (χ3v) is 7.16. The van der Waals surface area contributed by atoms with Crippen LogP contribution in [0.1, 0.15) is 53.2 Å². The van der Waals surface area contributed by atoms with Crippen LogP contribution in [0.4, 0.5) is 5.69 Å². The zero-order valence-electron chi connectivity index (χ0n) is 19.0. The lowest BCUT2D eigenvalue weighted by Gasteiger charge is -2.38. The molecule has 6 nitrogen and oxygen atoms in total. The fourth-order valence-corrected chi connectivity index (χ4v) is 5.46. The first kappa shape index (κ1) is 21.2. The molecular formula is C26H32N4O2. The van der Waals surface area contributed by atoms with Crippen molar-refractivity contribution >= 4 is 22.5 Å². The standard InChI is InChI=1S/C26H32N4O2/c1-18-15-20(28-26(31)23-17-29(2)24-6-4-3-5-22(23)24)16-27-25(18)19-7-9-21(10-8-19)30-11-13-32-14-12-30/h3-6,15-17,19,21H,7-14H2,1-2H3,(H,28,31). The van der Waals surface area contributed by atoms with Crippen molar-refractivity contribution in [1.29, 1.82) is 0 Å². The van der Waals surface area contributed by atoms with Crippen molar-refractivity contribution in [3.05, 3.63) is 59.5 Å². The van der Waals surface area contributed by atoms with E-state index in [0.29, 0.717) is 17.5 Å². The van der Waals surface area contributed by atoms with E-state index < -0.39 is 0 Å². The average molecular weight is 433 g/mol. The van der Waals surface area contributed by atoms with Gasteiger partial charge in [-0.1, -0.05) is 18.2 Å². The van der Waals surface area contributed by atoms with Gasteiger partial charge in [-0.25, -0.2) is 0 Å². The molecule has 1 saturated heterocycles. The molecule has 0 bridgehead atoms. The Morgan fingerprint density at radius 2 is 1.88 bits per heavy atom. The normalized spacial score (nSPS) is 22.2. The number of aromatic nitrogens is 2. The number of aryl methyl sites for hydroxylation is 2. The highest BCUT2D eigenvalue weighted by molar-refractivity contribution is 6.12. The lowest BCUT2D eigenvalue weighted by molar-refractivity contribution is 0.00720. The Balaban J connectivity index is 1.25. The molecule has 2 aromatic heterocycles. The van der Waals surface area contributed by atoms with Gasteiger partial charge in [0.05, 0.1) is 30.7 Å². The summed E-state index contributed by atoms with van der Waals surface area (Å²) in [7, 11) is 1.97. The molecule has 6 heteroatoms. The van der Waals surface area contributed by atoms with Crippen molar-refractivity contribution in [1.82, 2.24) is 14.5 Å². The maximum Gasteiger partial charge on any atom is 0.257 e. The van der Waals surface area contributed by atoms with Crippen LogP contribution in [0.15, 0.2) is 42.7 Å². The highest BCUT2D eigenvalue weighted by atomic mass is 16.5. The Bertz CT molecular complexity index is 1110. The van der Waals surface area contributed by atoms with E-state index >= 15 is 0 Å². The summed E-state index contributed by atoms with van der Waals surface area (Å²) in [5, 5.41) is 4.02. The van der Waals surface area contributed by atoms with Crippen LogP contribution in [0.2, 0.25) is 0 Å². The average Bonchev–Trinajstić information content (AvgIpc) is 3.17. The Morgan fingerprint density at radius 3 is 2.62 bits per heavy atom. The Labute approximate surface area is 189 Å². The number of fused-ring (bicyclic) bond motifs is 1. The number of anilines is 1. The molecule has 32 heavy (non-hydrogen) atoms. The van der Waals surface area contributed by atoms with E-state index in [-0.39, 0.29) is 5.91 Å². The lowest BCUT2D eigenvalue weighted by Crippen LogP contribution is -2.44. The maximum atomic E-state index is 13.0. The molecule has 5 rings (SSSR count). The number of benzene rings is 1. The molecule has 2 aliphatic rings. The Hall–Kier alpha value is -2.70. The third-order valence-electron chi connectivity index (χ3n) is 7.16. The second kappa shape index (κ2) is 9.04. The van der Waals surface area contributed by atoms with Gasteiger partial charge >= 0.3 is 0 Å². The minimum absolute atomic E-state index is 0.0956. The highest BCUT2D eigenvalue weighted by Gasteiger charge is 2.29. The molecule has 1 aliphatic heterocycles. The number of hydrogen-bond acceptors (Lipinski definition) is 4. The molecule has 0 unspecified atom stereocenters. The predicted molar refractivity (Wildman–Crippen MR) is 127 cm³/mol. The summed E-state index contributed by atoms with van der Waals surface area (Å²) >= 11 is 0. The second-order valence-electron chi connectivity index (χ2n) is 9.20. The van der Waals surface area contributed by atoms with Crippen LogP contribution in [0, 0.1) is 6.92 Å². The smallest absolute Gasteiger partial charge is 0.257 e. The molecule has 2 fully saturated rings.